The first kappa shape index (κ1) is 25.5. The second-order valence-electron chi connectivity index (χ2n) is 8.54. The molecule has 0 bridgehead atoms. The van der Waals surface area contributed by atoms with Crippen molar-refractivity contribution in [3.05, 3.63) is 72.2 Å². The summed E-state index contributed by atoms with van der Waals surface area (Å²) in [5, 5.41) is 17.1. The first-order chi connectivity index (χ1) is 18.0. The molecule has 2 amide bonds. The number of aryl methyl sites for hydroxylation is 1. The third-order valence-corrected chi connectivity index (χ3v) is 5.96. The summed E-state index contributed by atoms with van der Waals surface area (Å²) in [4.78, 5) is 32.1. The van der Waals surface area contributed by atoms with Crippen LogP contribution in [-0.4, -0.2) is 51.7 Å². The number of aromatic nitrogens is 3. The topological polar surface area (TPSA) is 130 Å². The summed E-state index contributed by atoms with van der Waals surface area (Å²) in [6.07, 6.45) is 6.73. The third kappa shape index (κ3) is 6.35. The Morgan fingerprint density at radius 2 is 1.76 bits per heavy atom. The maximum Gasteiger partial charge on any atom is 0.404 e. The highest BCUT2D eigenvalue weighted by Gasteiger charge is 2.13. The van der Waals surface area contributed by atoms with Crippen molar-refractivity contribution >= 4 is 29.2 Å². The molecule has 4 N–H and O–H groups in total. The number of methoxy groups -OCH3 is 1. The molecule has 0 fully saturated rings. The third-order valence-electron chi connectivity index (χ3n) is 5.96. The standard InChI is InChI=1S/C27H30N6O4/c1-18-16-20(8-11-22(18)26(34)29-12-4-3-5-13-30-27(35)36)32-24-25-31-17-23(33(25)15-14-28-24)19-6-9-21(37-2)10-7-19/h6-11,14-17,30H,3-5,12-13H2,1-2H3,(H,28,32)(H,29,34)(H,35,36). The number of benzene rings is 2. The molecule has 2 heterocycles. The Labute approximate surface area is 214 Å². The smallest absolute Gasteiger partial charge is 0.404 e. The summed E-state index contributed by atoms with van der Waals surface area (Å²) in [6.45, 7) is 2.84. The number of unbranched alkanes of at least 4 members (excludes halogenated alkanes) is 2. The summed E-state index contributed by atoms with van der Waals surface area (Å²) < 4.78 is 7.23. The first-order valence-corrected chi connectivity index (χ1v) is 12.1. The van der Waals surface area contributed by atoms with Gasteiger partial charge in [-0.1, -0.05) is 0 Å². The van der Waals surface area contributed by atoms with Gasteiger partial charge < -0.3 is 25.8 Å². The highest BCUT2D eigenvalue weighted by molar-refractivity contribution is 5.96. The molecule has 0 aliphatic rings. The Bertz CT molecular complexity index is 1380. The van der Waals surface area contributed by atoms with Crippen LogP contribution in [0, 0.1) is 6.92 Å². The van der Waals surface area contributed by atoms with Gasteiger partial charge in [0.2, 0.25) is 0 Å². The van der Waals surface area contributed by atoms with Crippen molar-refractivity contribution in [2.45, 2.75) is 26.2 Å². The van der Waals surface area contributed by atoms with Gasteiger partial charge >= 0.3 is 6.09 Å². The number of rotatable bonds is 11. The van der Waals surface area contributed by atoms with Gasteiger partial charge in [0.1, 0.15) is 5.75 Å². The van der Waals surface area contributed by atoms with Crippen LogP contribution < -0.4 is 20.7 Å². The molecule has 0 radical (unpaired) electrons. The van der Waals surface area contributed by atoms with Crippen molar-refractivity contribution in [2.24, 2.45) is 0 Å². The molecule has 0 aliphatic carbocycles. The van der Waals surface area contributed by atoms with E-state index in [2.05, 4.69) is 25.9 Å². The van der Waals surface area contributed by atoms with Gasteiger partial charge in [0.05, 0.1) is 19.0 Å². The summed E-state index contributed by atoms with van der Waals surface area (Å²) in [6, 6.07) is 13.3. The van der Waals surface area contributed by atoms with Crippen LogP contribution in [0.4, 0.5) is 16.3 Å². The normalized spacial score (nSPS) is 10.8. The Morgan fingerprint density at radius 1 is 1.00 bits per heavy atom. The van der Waals surface area contributed by atoms with Gasteiger partial charge in [-0.25, -0.2) is 14.8 Å². The van der Waals surface area contributed by atoms with E-state index in [1.807, 2.05) is 60.1 Å². The minimum atomic E-state index is -1.02. The molecule has 37 heavy (non-hydrogen) atoms. The van der Waals surface area contributed by atoms with Gasteiger partial charge in [0, 0.05) is 42.3 Å². The van der Waals surface area contributed by atoms with Crippen molar-refractivity contribution in [2.75, 3.05) is 25.5 Å². The van der Waals surface area contributed by atoms with E-state index in [-0.39, 0.29) is 5.91 Å². The minimum Gasteiger partial charge on any atom is -0.497 e. The number of imidazole rings is 1. The Morgan fingerprint density at radius 3 is 2.46 bits per heavy atom. The molecule has 0 unspecified atom stereocenters. The van der Waals surface area contributed by atoms with E-state index >= 15 is 0 Å². The van der Waals surface area contributed by atoms with Crippen LogP contribution in [-0.2, 0) is 0 Å². The van der Waals surface area contributed by atoms with Crippen molar-refractivity contribution < 1.29 is 19.4 Å². The number of hydrogen-bond acceptors (Lipinski definition) is 6. The number of carbonyl (C=O) groups is 2. The predicted octanol–water partition coefficient (Wildman–Crippen LogP) is 4.62. The van der Waals surface area contributed by atoms with E-state index in [9.17, 15) is 9.59 Å². The number of anilines is 2. The lowest BCUT2D eigenvalue weighted by Gasteiger charge is -2.12. The molecule has 0 aliphatic heterocycles. The maximum absolute atomic E-state index is 12.6. The summed E-state index contributed by atoms with van der Waals surface area (Å²) in [5.74, 6) is 1.27. The number of fused-ring (bicyclic) bond motifs is 1. The summed E-state index contributed by atoms with van der Waals surface area (Å²) in [7, 11) is 1.64. The van der Waals surface area contributed by atoms with Crippen LogP contribution in [0.2, 0.25) is 0 Å². The van der Waals surface area contributed by atoms with E-state index < -0.39 is 6.09 Å². The number of hydrogen-bond donors (Lipinski definition) is 4. The molecule has 4 rings (SSSR count). The van der Waals surface area contributed by atoms with E-state index in [0.29, 0.717) is 30.1 Å². The maximum atomic E-state index is 12.6. The zero-order valence-electron chi connectivity index (χ0n) is 20.8. The average molecular weight is 503 g/mol. The lowest BCUT2D eigenvalue weighted by molar-refractivity contribution is 0.0952. The van der Waals surface area contributed by atoms with Crippen LogP contribution in [0.5, 0.6) is 5.75 Å². The van der Waals surface area contributed by atoms with Crippen LogP contribution >= 0.6 is 0 Å². The molecule has 0 atom stereocenters. The van der Waals surface area contributed by atoms with Gasteiger partial charge in [-0.15, -0.1) is 0 Å². The molecule has 2 aromatic carbocycles. The number of carboxylic acid groups (broad SMARTS) is 1. The lowest BCUT2D eigenvalue weighted by Crippen LogP contribution is -2.25. The zero-order valence-corrected chi connectivity index (χ0v) is 20.8. The molecule has 2 aromatic heterocycles. The van der Waals surface area contributed by atoms with Crippen molar-refractivity contribution in [1.29, 1.82) is 0 Å². The average Bonchev–Trinajstić information content (AvgIpc) is 3.33. The van der Waals surface area contributed by atoms with E-state index in [1.54, 1.807) is 19.4 Å². The van der Waals surface area contributed by atoms with Crippen LogP contribution in [0.1, 0.15) is 35.2 Å². The first-order valence-electron chi connectivity index (χ1n) is 12.1. The van der Waals surface area contributed by atoms with Gasteiger partial charge in [0.15, 0.2) is 11.5 Å². The molecule has 10 nitrogen and oxygen atoms in total. The molecule has 0 saturated heterocycles. The lowest BCUT2D eigenvalue weighted by atomic mass is 10.1. The van der Waals surface area contributed by atoms with Crippen LogP contribution in [0.3, 0.4) is 0 Å². The fourth-order valence-electron chi connectivity index (χ4n) is 4.03. The molecule has 0 saturated carbocycles. The number of amides is 2. The molecule has 4 aromatic rings. The second kappa shape index (κ2) is 11.9. The van der Waals surface area contributed by atoms with Gasteiger partial charge in [-0.2, -0.15) is 0 Å². The van der Waals surface area contributed by atoms with Gasteiger partial charge in [0.25, 0.3) is 5.91 Å². The highest BCUT2D eigenvalue weighted by atomic mass is 16.5. The van der Waals surface area contributed by atoms with Gasteiger partial charge in [-0.3, -0.25) is 9.20 Å². The number of nitrogens with one attached hydrogen (secondary N) is 3. The quantitative estimate of drug-likeness (QED) is 0.220. The number of ether oxygens (including phenoxy) is 1. The summed E-state index contributed by atoms with van der Waals surface area (Å²) in [5.41, 5.74) is 4.87. The van der Waals surface area contributed by atoms with Crippen LogP contribution in [0.25, 0.3) is 16.9 Å². The van der Waals surface area contributed by atoms with Crippen molar-refractivity contribution in [1.82, 2.24) is 25.0 Å². The van der Waals surface area contributed by atoms with Crippen LogP contribution in [0.15, 0.2) is 61.1 Å². The Kier molecular flexibility index (Phi) is 8.19. The van der Waals surface area contributed by atoms with Gasteiger partial charge in [-0.05, 0) is 74.2 Å². The zero-order chi connectivity index (χ0) is 26.2. The Hall–Kier alpha value is -4.60. The second-order valence-corrected chi connectivity index (χ2v) is 8.54. The van der Waals surface area contributed by atoms with E-state index in [4.69, 9.17) is 9.84 Å². The monoisotopic (exact) mass is 502 g/mol. The summed E-state index contributed by atoms with van der Waals surface area (Å²) >= 11 is 0. The molecular formula is C27H30N6O4. The fraction of sp³-hybridized carbons (Fsp3) is 0.259. The molecule has 0 spiro atoms. The Balaban J connectivity index is 1.39. The minimum absolute atomic E-state index is 0.134. The van der Waals surface area contributed by atoms with Crippen molar-refractivity contribution in [3.63, 3.8) is 0 Å². The van der Waals surface area contributed by atoms with E-state index in [1.165, 1.54) is 0 Å². The fourth-order valence-corrected chi connectivity index (χ4v) is 4.03. The largest absolute Gasteiger partial charge is 0.497 e. The number of carbonyl (C=O) groups excluding carboxylic acids is 1. The van der Waals surface area contributed by atoms with E-state index in [0.717, 1.165) is 47.5 Å². The predicted molar refractivity (Wildman–Crippen MR) is 142 cm³/mol. The number of nitrogens with zero attached hydrogens (tertiary/aromatic N) is 3. The highest BCUT2D eigenvalue weighted by Crippen LogP contribution is 2.27. The molecule has 10 heteroatoms. The molecule has 192 valence electrons. The SMILES string of the molecule is COc1ccc(-c2cnc3c(Nc4ccc(C(=O)NCCCCCNC(=O)O)c(C)c4)nccn23)cc1. The molecular weight excluding hydrogens is 472 g/mol. The van der Waals surface area contributed by atoms with Crippen molar-refractivity contribution in [3.8, 4) is 17.0 Å².